The first-order valence-electron chi connectivity index (χ1n) is 13.8. The topological polar surface area (TPSA) is 77.8 Å². The maximum atomic E-state index is 12.4. The van der Waals surface area contributed by atoms with Gasteiger partial charge in [0.15, 0.2) is 0 Å². The van der Waals surface area contributed by atoms with Crippen LogP contribution in [0.15, 0.2) is 95.0 Å². The number of rotatable bonds is 8. The van der Waals surface area contributed by atoms with Gasteiger partial charge in [0.05, 0.1) is 25.1 Å². The van der Waals surface area contributed by atoms with E-state index in [0.717, 1.165) is 28.8 Å². The number of carbonyl (C=O) groups excluding carboxylic acids is 2. The highest BCUT2D eigenvalue weighted by molar-refractivity contribution is 5.82. The number of pyridine rings is 1. The lowest BCUT2D eigenvalue weighted by Crippen LogP contribution is -2.40. The lowest BCUT2D eigenvalue weighted by Gasteiger charge is -2.45. The van der Waals surface area contributed by atoms with E-state index in [1.54, 1.807) is 13.0 Å². The first-order chi connectivity index (χ1) is 19.4. The number of hydrogen-bond acceptors (Lipinski definition) is 6. The average molecular weight is 535 g/mol. The first-order valence-corrected chi connectivity index (χ1v) is 13.8. The molecule has 2 aliphatic rings. The van der Waals surface area contributed by atoms with Crippen molar-refractivity contribution in [2.24, 2.45) is 10.9 Å². The molecule has 2 aromatic carbocycles. The van der Waals surface area contributed by atoms with Crippen molar-refractivity contribution in [1.29, 1.82) is 0 Å². The molecule has 0 fully saturated rings. The molecule has 0 radical (unpaired) electrons. The molecule has 0 saturated carbocycles. The molecule has 2 aliphatic carbocycles. The molecule has 2 unspecified atom stereocenters. The van der Waals surface area contributed by atoms with Crippen molar-refractivity contribution >= 4 is 18.2 Å². The van der Waals surface area contributed by atoms with Crippen LogP contribution < -0.4 is 4.74 Å². The Morgan fingerprint density at radius 3 is 2.45 bits per heavy atom. The Bertz CT molecular complexity index is 1490. The summed E-state index contributed by atoms with van der Waals surface area (Å²) in [5.74, 6) is -0.508. The molecule has 6 nitrogen and oxygen atoms in total. The fourth-order valence-electron chi connectivity index (χ4n) is 5.83. The number of esters is 2. The van der Waals surface area contributed by atoms with Crippen LogP contribution in [0.2, 0.25) is 0 Å². The Morgan fingerprint density at radius 2 is 1.73 bits per heavy atom. The van der Waals surface area contributed by atoms with Gasteiger partial charge in [-0.3, -0.25) is 14.6 Å². The highest BCUT2D eigenvalue weighted by Crippen LogP contribution is 2.52. The number of aromatic nitrogens is 1. The van der Waals surface area contributed by atoms with Crippen LogP contribution in [0.1, 0.15) is 56.9 Å². The number of hydrogen-bond donors (Lipinski definition) is 0. The van der Waals surface area contributed by atoms with Crippen molar-refractivity contribution < 1.29 is 19.1 Å². The quantitative estimate of drug-likeness (QED) is 0.181. The summed E-state index contributed by atoms with van der Waals surface area (Å²) in [6.45, 7) is 6.26. The minimum Gasteiger partial charge on any atom is -0.466 e. The Kier molecular flexibility index (Phi) is 8.06. The molecule has 204 valence electrons. The van der Waals surface area contributed by atoms with E-state index in [1.165, 1.54) is 16.7 Å². The van der Waals surface area contributed by atoms with Gasteiger partial charge in [-0.05, 0) is 49.1 Å². The van der Waals surface area contributed by atoms with E-state index >= 15 is 0 Å². The molecule has 40 heavy (non-hydrogen) atoms. The largest absolute Gasteiger partial charge is 0.466 e. The Balaban J connectivity index is 1.42. The number of benzene rings is 2. The lowest BCUT2D eigenvalue weighted by atomic mass is 9.63. The second-order valence-electron chi connectivity index (χ2n) is 10.3. The van der Waals surface area contributed by atoms with Crippen LogP contribution in [-0.2, 0) is 26.3 Å². The van der Waals surface area contributed by atoms with E-state index in [-0.39, 0.29) is 31.2 Å². The molecule has 5 rings (SSSR count). The Labute approximate surface area is 235 Å². The van der Waals surface area contributed by atoms with E-state index in [4.69, 9.17) is 19.5 Å². The molecule has 1 heterocycles. The maximum absolute atomic E-state index is 12.4. The Morgan fingerprint density at radius 1 is 1.00 bits per heavy atom. The zero-order valence-corrected chi connectivity index (χ0v) is 23.2. The molecular weight excluding hydrogens is 500 g/mol. The van der Waals surface area contributed by atoms with Gasteiger partial charge < -0.3 is 9.47 Å². The molecule has 3 aromatic rings. The van der Waals surface area contributed by atoms with Gasteiger partial charge in [0.1, 0.15) is 5.54 Å². The van der Waals surface area contributed by atoms with Crippen LogP contribution in [0, 0.1) is 5.92 Å². The predicted molar refractivity (Wildman–Crippen MR) is 156 cm³/mol. The predicted octanol–water partition coefficient (Wildman–Crippen LogP) is 6.78. The third-order valence-electron chi connectivity index (χ3n) is 7.52. The minimum atomic E-state index is -0.566. The Hall–Kier alpha value is -4.32. The number of carbonyl (C=O) groups is 2. The zero-order valence-electron chi connectivity index (χ0n) is 23.2. The molecule has 1 aromatic heterocycles. The van der Waals surface area contributed by atoms with E-state index in [1.807, 2.05) is 30.5 Å². The van der Waals surface area contributed by atoms with E-state index in [9.17, 15) is 9.59 Å². The average Bonchev–Trinajstić information content (AvgIpc) is 2.95. The molecule has 0 N–H and O–H groups in total. The van der Waals surface area contributed by atoms with Crippen molar-refractivity contribution in [3.05, 3.63) is 107 Å². The highest BCUT2D eigenvalue weighted by atomic mass is 16.5. The smallest absolute Gasteiger partial charge is 0.313 e. The molecule has 2 atom stereocenters. The number of nitrogens with zero attached hydrogens (tertiary/aromatic N) is 2. The highest BCUT2D eigenvalue weighted by Gasteiger charge is 2.46. The maximum Gasteiger partial charge on any atom is 0.313 e. The van der Waals surface area contributed by atoms with Crippen molar-refractivity contribution in [2.75, 3.05) is 6.61 Å². The van der Waals surface area contributed by atoms with Crippen molar-refractivity contribution in [1.82, 2.24) is 4.98 Å². The molecule has 6 heteroatoms. The summed E-state index contributed by atoms with van der Waals surface area (Å²) >= 11 is 0. The second-order valence-corrected chi connectivity index (χ2v) is 10.3. The fraction of sp³-hybridized carbons (Fsp3) is 0.294. The molecule has 2 bridgehead atoms. The van der Waals surface area contributed by atoms with E-state index in [2.05, 4.69) is 62.4 Å². The summed E-state index contributed by atoms with van der Waals surface area (Å²) in [4.78, 5) is 34.0. The van der Waals surface area contributed by atoms with Crippen LogP contribution in [0.5, 0.6) is 5.88 Å². The third-order valence-corrected chi connectivity index (χ3v) is 7.52. The number of ether oxygens (including phenoxy) is 2. The monoisotopic (exact) mass is 534 g/mol. The molecule has 0 saturated heterocycles. The summed E-state index contributed by atoms with van der Waals surface area (Å²) in [6, 6.07) is 22.5. The lowest BCUT2D eigenvalue weighted by molar-refractivity contribution is -0.146. The van der Waals surface area contributed by atoms with Crippen LogP contribution >= 0.6 is 0 Å². The van der Waals surface area contributed by atoms with E-state index < -0.39 is 17.5 Å². The van der Waals surface area contributed by atoms with Gasteiger partial charge in [-0.2, -0.15) is 0 Å². The fourth-order valence-corrected chi connectivity index (χ4v) is 5.83. The summed E-state index contributed by atoms with van der Waals surface area (Å²) in [5, 5.41) is 0. The van der Waals surface area contributed by atoms with Crippen LogP contribution in [0.4, 0.5) is 0 Å². The van der Waals surface area contributed by atoms with E-state index in [0.29, 0.717) is 6.42 Å². The second kappa shape index (κ2) is 11.8. The van der Waals surface area contributed by atoms with Crippen molar-refractivity contribution in [3.8, 4) is 17.0 Å². The summed E-state index contributed by atoms with van der Waals surface area (Å²) in [6.07, 6.45) is 7.86. The van der Waals surface area contributed by atoms with Crippen LogP contribution in [-0.4, -0.2) is 29.7 Å². The van der Waals surface area contributed by atoms with Gasteiger partial charge in [-0.1, -0.05) is 72.3 Å². The van der Waals surface area contributed by atoms with Gasteiger partial charge in [0, 0.05) is 36.6 Å². The zero-order chi connectivity index (χ0) is 28.1. The third kappa shape index (κ3) is 5.67. The van der Waals surface area contributed by atoms with Crippen molar-refractivity contribution in [2.45, 2.75) is 52.0 Å². The number of aliphatic imine (C=N–C) groups is 1. The summed E-state index contributed by atoms with van der Waals surface area (Å²) in [5.41, 5.74) is 7.29. The number of allylic oxidation sites excluding steroid dienone is 2. The van der Waals surface area contributed by atoms with Gasteiger partial charge in [0.25, 0.3) is 0 Å². The molecule has 0 aliphatic heterocycles. The van der Waals surface area contributed by atoms with Gasteiger partial charge >= 0.3 is 11.9 Å². The van der Waals surface area contributed by atoms with Crippen LogP contribution in [0.25, 0.3) is 11.1 Å². The SMILES string of the molecule is C/C=C1\C2C=C(C)CC1(/N=C/c1ccc(-c3ccccc3)cc1)c1ccc(OC(=O)CCC(=O)OCC)nc1C2. The standard InChI is InChI=1S/C34H34N2O4/c1-4-28-27-19-23(3)21-34(28,35-22-24-11-13-26(14-12-24)25-9-7-6-8-10-25)29-15-16-31(36-30(29)20-27)40-33(38)18-17-32(37)39-5-2/h4,6-16,19,22,27H,5,17-18,20-21H2,1-3H3/b28-4+,35-22+. The van der Waals surface area contributed by atoms with Gasteiger partial charge in [-0.25, -0.2) is 4.98 Å². The van der Waals surface area contributed by atoms with Gasteiger partial charge in [0.2, 0.25) is 5.88 Å². The number of fused-ring (bicyclic) bond motifs is 4. The molecular formula is C34H34N2O4. The normalized spacial score (nSPS) is 20.6. The first kappa shape index (κ1) is 27.3. The molecule has 0 spiro atoms. The van der Waals surface area contributed by atoms with Gasteiger partial charge in [-0.15, -0.1) is 0 Å². The minimum absolute atomic E-state index is 0.0153. The summed E-state index contributed by atoms with van der Waals surface area (Å²) < 4.78 is 10.4. The molecule has 0 amide bonds. The van der Waals surface area contributed by atoms with Crippen molar-refractivity contribution in [3.63, 3.8) is 0 Å². The summed E-state index contributed by atoms with van der Waals surface area (Å²) in [7, 11) is 0. The van der Waals surface area contributed by atoms with Crippen LogP contribution in [0.3, 0.4) is 0 Å².